The highest BCUT2D eigenvalue weighted by Gasteiger charge is 2.32. The van der Waals surface area contributed by atoms with Crippen molar-refractivity contribution in [2.24, 2.45) is 0 Å². The van der Waals surface area contributed by atoms with Crippen LogP contribution in [0.4, 0.5) is 0 Å². The zero-order chi connectivity index (χ0) is 17.0. The van der Waals surface area contributed by atoms with E-state index in [1.54, 1.807) is 0 Å². The average molecular weight is 323 g/mol. The predicted molar refractivity (Wildman–Crippen MR) is 100.0 cm³/mol. The minimum atomic E-state index is -0.908. The topological polar surface area (TPSA) is 23.5 Å². The number of nitrogens with zero attached hydrogens (tertiary/aromatic N) is 1. The Balaban J connectivity index is 1.76. The van der Waals surface area contributed by atoms with Gasteiger partial charge in [0, 0.05) is 12.1 Å². The van der Waals surface area contributed by atoms with Gasteiger partial charge < -0.3 is 5.11 Å². The molecule has 2 nitrogen and oxygen atoms in total. The molecule has 2 atom stereocenters. The summed E-state index contributed by atoms with van der Waals surface area (Å²) in [5.41, 5.74) is 1.06. The predicted octanol–water partition coefficient (Wildman–Crippen LogP) is 4.58. The molecule has 3 rings (SSSR count). The Morgan fingerprint density at radius 2 is 1.33 bits per heavy atom. The van der Waals surface area contributed by atoms with E-state index in [1.807, 2.05) is 60.7 Å². The first kappa shape index (κ1) is 17.2. The van der Waals surface area contributed by atoms with Crippen molar-refractivity contribution in [1.29, 1.82) is 0 Å². The highest BCUT2D eigenvalue weighted by Crippen LogP contribution is 2.34. The van der Waals surface area contributed by atoms with Gasteiger partial charge in [-0.1, -0.05) is 60.7 Å². The second-order valence-corrected chi connectivity index (χ2v) is 7.21. The van der Waals surface area contributed by atoms with E-state index in [1.165, 1.54) is 12.8 Å². The van der Waals surface area contributed by atoms with Gasteiger partial charge in [0.1, 0.15) is 5.60 Å². The minimum Gasteiger partial charge on any atom is -0.380 e. The van der Waals surface area contributed by atoms with Crippen LogP contribution in [0.15, 0.2) is 60.7 Å². The highest BCUT2D eigenvalue weighted by atomic mass is 16.3. The van der Waals surface area contributed by atoms with Crippen molar-refractivity contribution < 1.29 is 5.11 Å². The van der Waals surface area contributed by atoms with Crippen LogP contribution >= 0.6 is 0 Å². The van der Waals surface area contributed by atoms with Crippen LogP contribution in [0, 0.1) is 0 Å². The van der Waals surface area contributed by atoms with Gasteiger partial charge in [0.15, 0.2) is 0 Å². The molecular weight excluding hydrogens is 294 g/mol. The van der Waals surface area contributed by atoms with Gasteiger partial charge in [0.05, 0.1) is 0 Å². The maximum absolute atomic E-state index is 11.5. The third-order valence-corrected chi connectivity index (χ3v) is 5.59. The van der Waals surface area contributed by atoms with Crippen molar-refractivity contribution >= 4 is 0 Å². The van der Waals surface area contributed by atoms with Crippen LogP contribution in [-0.4, -0.2) is 28.6 Å². The van der Waals surface area contributed by atoms with Gasteiger partial charge in [-0.2, -0.15) is 0 Å². The number of likely N-dealkylation sites (tertiary alicyclic amines) is 1. The monoisotopic (exact) mass is 323 g/mol. The van der Waals surface area contributed by atoms with Gasteiger partial charge in [-0.25, -0.2) is 0 Å². The number of hydrogen-bond donors (Lipinski definition) is 1. The summed E-state index contributed by atoms with van der Waals surface area (Å²) in [5, 5.41) is 11.5. The first-order chi connectivity index (χ1) is 11.6. The van der Waals surface area contributed by atoms with Gasteiger partial charge in [-0.05, 0) is 57.2 Å². The van der Waals surface area contributed by atoms with Gasteiger partial charge >= 0.3 is 0 Å². The van der Waals surface area contributed by atoms with E-state index in [0.29, 0.717) is 12.1 Å². The normalized spacial score (nSPS) is 22.0. The molecule has 0 unspecified atom stereocenters. The Labute approximate surface area is 146 Å². The van der Waals surface area contributed by atoms with E-state index in [4.69, 9.17) is 0 Å². The standard InChI is InChI=1S/C22H29NO/c1-18-14-15-19(2)23(18)17-9-16-22(24,20-10-5-3-6-11-20)21-12-7-4-8-13-21/h3-8,10-13,18-19,24H,9,14-17H2,1-2H3/t18-,19-/m1/s1. The molecule has 0 radical (unpaired) electrons. The van der Waals surface area contributed by atoms with Crippen molar-refractivity contribution in [2.75, 3.05) is 6.54 Å². The summed E-state index contributed by atoms with van der Waals surface area (Å²) in [5.74, 6) is 0. The number of hydrogen-bond acceptors (Lipinski definition) is 2. The molecule has 0 amide bonds. The molecule has 1 N–H and O–H groups in total. The van der Waals surface area contributed by atoms with E-state index >= 15 is 0 Å². The van der Waals surface area contributed by atoms with Crippen molar-refractivity contribution in [1.82, 2.24) is 4.90 Å². The maximum atomic E-state index is 11.5. The molecule has 0 bridgehead atoms. The van der Waals surface area contributed by atoms with Crippen molar-refractivity contribution in [3.8, 4) is 0 Å². The van der Waals surface area contributed by atoms with E-state index in [2.05, 4.69) is 18.7 Å². The van der Waals surface area contributed by atoms with Gasteiger partial charge in [-0.3, -0.25) is 4.90 Å². The van der Waals surface area contributed by atoms with E-state index < -0.39 is 5.60 Å². The van der Waals surface area contributed by atoms with Crippen LogP contribution in [0.1, 0.15) is 50.7 Å². The molecule has 0 aliphatic carbocycles. The Bertz CT molecular complexity index is 575. The summed E-state index contributed by atoms with van der Waals surface area (Å²) in [7, 11) is 0. The smallest absolute Gasteiger partial charge is 0.115 e. The van der Waals surface area contributed by atoms with Crippen LogP contribution in [0.25, 0.3) is 0 Å². The Kier molecular flexibility index (Phi) is 5.37. The van der Waals surface area contributed by atoms with Gasteiger partial charge in [-0.15, -0.1) is 0 Å². The lowest BCUT2D eigenvalue weighted by Crippen LogP contribution is -2.35. The Morgan fingerprint density at radius 3 is 1.79 bits per heavy atom. The third kappa shape index (κ3) is 3.55. The number of aliphatic hydroxyl groups is 1. The molecule has 0 aromatic heterocycles. The third-order valence-electron chi connectivity index (χ3n) is 5.59. The van der Waals surface area contributed by atoms with E-state index in [0.717, 1.165) is 30.5 Å². The van der Waals surface area contributed by atoms with Crippen LogP contribution in [0.5, 0.6) is 0 Å². The van der Waals surface area contributed by atoms with Crippen molar-refractivity contribution in [2.45, 2.75) is 57.2 Å². The summed E-state index contributed by atoms with van der Waals surface area (Å²) >= 11 is 0. The summed E-state index contributed by atoms with van der Waals surface area (Å²) < 4.78 is 0. The summed E-state index contributed by atoms with van der Waals surface area (Å²) in [6, 6.07) is 21.5. The molecule has 1 aliphatic heterocycles. The van der Waals surface area contributed by atoms with Crippen LogP contribution in [0.2, 0.25) is 0 Å². The Hall–Kier alpha value is -1.64. The highest BCUT2D eigenvalue weighted by molar-refractivity contribution is 5.35. The zero-order valence-corrected chi connectivity index (χ0v) is 14.9. The number of benzene rings is 2. The summed E-state index contributed by atoms with van der Waals surface area (Å²) in [6.45, 7) is 5.71. The lowest BCUT2D eigenvalue weighted by Gasteiger charge is -2.32. The molecule has 2 aromatic carbocycles. The molecule has 24 heavy (non-hydrogen) atoms. The van der Waals surface area contributed by atoms with Crippen molar-refractivity contribution in [3.05, 3.63) is 71.8 Å². The van der Waals surface area contributed by atoms with Gasteiger partial charge in [0.2, 0.25) is 0 Å². The quantitative estimate of drug-likeness (QED) is 0.841. The fraction of sp³-hybridized carbons (Fsp3) is 0.455. The molecule has 2 aromatic rings. The SMILES string of the molecule is C[C@@H]1CC[C@@H](C)N1CCCC(O)(c1ccccc1)c1ccccc1. The fourth-order valence-corrected chi connectivity index (χ4v) is 4.09. The minimum absolute atomic E-state index is 0.668. The van der Waals surface area contributed by atoms with Crippen LogP contribution in [-0.2, 0) is 5.60 Å². The molecule has 1 aliphatic rings. The second-order valence-electron chi connectivity index (χ2n) is 7.21. The second kappa shape index (κ2) is 7.50. The molecule has 2 heteroatoms. The van der Waals surface area contributed by atoms with E-state index in [9.17, 15) is 5.11 Å². The summed E-state index contributed by atoms with van der Waals surface area (Å²) in [4.78, 5) is 2.59. The lowest BCUT2D eigenvalue weighted by molar-refractivity contribution is 0.0626. The fourth-order valence-electron chi connectivity index (χ4n) is 4.09. The molecule has 0 saturated carbocycles. The molecule has 1 saturated heterocycles. The van der Waals surface area contributed by atoms with Crippen LogP contribution < -0.4 is 0 Å². The van der Waals surface area contributed by atoms with Crippen molar-refractivity contribution in [3.63, 3.8) is 0 Å². The van der Waals surface area contributed by atoms with E-state index in [-0.39, 0.29) is 0 Å². The summed E-state index contributed by atoms with van der Waals surface area (Å²) in [6.07, 6.45) is 4.33. The molecule has 1 fully saturated rings. The molecule has 0 spiro atoms. The molecular formula is C22H29NO. The lowest BCUT2D eigenvalue weighted by atomic mass is 9.82. The zero-order valence-electron chi connectivity index (χ0n) is 14.9. The van der Waals surface area contributed by atoms with Gasteiger partial charge in [0.25, 0.3) is 0 Å². The molecule has 1 heterocycles. The first-order valence-corrected chi connectivity index (χ1v) is 9.20. The molecule has 128 valence electrons. The van der Waals surface area contributed by atoms with Crippen LogP contribution in [0.3, 0.4) is 0 Å². The average Bonchev–Trinajstić information content (AvgIpc) is 2.95. The number of rotatable bonds is 6. The first-order valence-electron chi connectivity index (χ1n) is 9.20. The Morgan fingerprint density at radius 1 is 0.875 bits per heavy atom. The maximum Gasteiger partial charge on any atom is 0.115 e. The largest absolute Gasteiger partial charge is 0.380 e.